The number of non-ortho nitro benzene ring substituents is 1. The number of hydrogen-bond donors (Lipinski definition) is 0. The number of nitro groups is 1. The Morgan fingerprint density at radius 3 is 2.50 bits per heavy atom. The number of nitro benzene ring substituents is 1. The maximum absolute atomic E-state index is 12.5. The van der Waals surface area contributed by atoms with Crippen LogP contribution in [0, 0.1) is 10.1 Å². The van der Waals surface area contributed by atoms with Gasteiger partial charge in [0.25, 0.3) is 5.69 Å². The van der Waals surface area contributed by atoms with Crippen LogP contribution in [0.25, 0.3) is 6.08 Å². The van der Waals surface area contributed by atoms with Gasteiger partial charge in [0.2, 0.25) is 10.0 Å². The number of ketones is 1. The fourth-order valence-electron chi connectivity index (χ4n) is 2.30. The van der Waals surface area contributed by atoms with Crippen molar-refractivity contribution >= 4 is 27.6 Å². The lowest BCUT2D eigenvalue weighted by Gasteiger charge is -2.16. The van der Waals surface area contributed by atoms with Gasteiger partial charge in [0.05, 0.1) is 4.92 Å². The molecule has 22 heavy (non-hydrogen) atoms. The molecule has 0 saturated carbocycles. The van der Waals surface area contributed by atoms with Crippen LogP contribution in [0.15, 0.2) is 29.2 Å². The first-order valence-electron chi connectivity index (χ1n) is 6.79. The largest absolute Gasteiger partial charge is 0.294 e. The van der Waals surface area contributed by atoms with Crippen molar-refractivity contribution in [2.45, 2.75) is 19.8 Å². The summed E-state index contributed by atoms with van der Waals surface area (Å²) in [7, 11) is -3.86. The molecule has 0 N–H and O–H groups in total. The molecule has 1 fully saturated rings. The molecule has 2 rings (SSSR count). The van der Waals surface area contributed by atoms with E-state index in [1.54, 1.807) is 0 Å². The van der Waals surface area contributed by atoms with E-state index in [0.29, 0.717) is 18.7 Å². The number of sulfonamides is 1. The Hall–Kier alpha value is -2.06. The van der Waals surface area contributed by atoms with E-state index in [-0.39, 0.29) is 10.6 Å². The minimum atomic E-state index is -3.86. The number of allylic oxidation sites excluding steroid dienone is 1. The van der Waals surface area contributed by atoms with Crippen molar-refractivity contribution in [3.63, 3.8) is 0 Å². The van der Waals surface area contributed by atoms with Crippen LogP contribution in [0.4, 0.5) is 5.69 Å². The number of carbonyl (C=O) groups is 1. The third-order valence-corrected chi connectivity index (χ3v) is 5.41. The fraction of sp³-hybridized carbons (Fsp3) is 0.357. The van der Waals surface area contributed by atoms with Crippen molar-refractivity contribution in [1.29, 1.82) is 0 Å². The Labute approximate surface area is 128 Å². The molecular weight excluding hydrogens is 308 g/mol. The maximum Gasteiger partial charge on any atom is 0.270 e. The molecule has 1 aliphatic rings. The van der Waals surface area contributed by atoms with Gasteiger partial charge in [-0.05, 0) is 31.4 Å². The summed E-state index contributed by atoms with van der Waals surface area (Å²) in [5, 5.41) is 10.8. The molecule has 8 heteroatoms. The fourth-order valence-corrected chi connectivity index (χ4v) is 3.97. The van der Waals surface area contributed by atoms with E-state index in [1.807, 2.05) is 0 Å². The lowest BCUT2D eigenvalue weighted by atomic mass is 10.2. The lowest BCUT2D eigenvalue weighted by Crippen LogP contribution is -2.31. The number of hydrogen-bond acceptors (Lipinski definition) is 5. The third-order valence-electron chi connectivity index (χ3n) is 3.41. The summed E-state index contributed by atoms with van der Waals surface area (Å²) in [6.45, 7) is 1.96. The number of rotatable bonds is 5. The van der Waals surface area contributed by atoms with Gasteiger partial charge >= 0.3 is 0 Å². The zero-order valence-corrected chi connectivity index (χ0v) is 12.9. The van der Waals surface area contributed by atoms with Gasteiger partial charge in [0.1, 0.15) is 4.91 Å². The maximum atomic E-state index is 12.5. The van der Waals surface area contributed by atoms with Gasteiger partial charge in [-0.3, -0.25) is 14.9 Å². The minimum Gasteiger partial charge on any atom is -0.294 e. The molecule has 0 amide bonds. The molecule has 1 aromatic rings. The van der Waals surface area contributed by atoms with Crippen molar-refractivity contribution < 1.29 is 18.1 Å². The molecule has 0 unspecified atom stereocenters. The van der Waals surface area contributed by atoms with Crippen LogP contribution >= 0.6 is 0 Å². The topological polar surface area (TPSA) is 97.6 Å². The van der Waals surface area contributed by atoms with Gasteiger partial charge in [0.15, 0.2) is 5.78 Å². The summed E-state index contributed by atoms with van der Waals surface area (Å²) in [6.07, 6.45) is 2.73. The Balaban J connectivity index is 2.45. The van der Waals surface area contributed by atoms with Crippen LogP contribution in [-0.2, 0) is 14.8 Å². The average Bonchev–Trinajstić information content (AvgIpc) is 2.99. The Morgan fingerprint density at radius 1 is 1.32 bits per heavy atom. The van der Waals surface area contributed by atoms with E-state index in [4.69, 9.17) is 0 Å². The Morgan fingerprint density at radius 2 is 1.95 bits per heavy atom. The van der Waals surface area contributed by atoms with Gasteiger partial charge in [-0.15, -0.1) is 0 Å². The standard InChI is InChI=1S/C14H16N2O5S/c1-11(17)14(22(20,21)15-7-2-3-8-15)10-12-5-4-6-13(9-12)16(18)19/h4-6,9-10H,2-3,7-8H2,1H3/b14-10-. The molecule has 1 heterocycles. The molecule has 1 saturated heterocycles. The zero-order valence-electron chi connectivity index (χ0n) is 12.1. The summed E-state index contributed by atoms with van der Waals surface area (Å²) in [5.74, 6) is -0.585. The highest BCUT2D eigenvalue weighted by Crippen LogP contribution is 2.23. The second kappa shape index (κ2) is 6.37. The predicted octanol–water partition coefficient (Wildman–Crippen LogP) is 1.95. The summed E-state index contributed by atoms with van der Waals surface area (Å²) in [6, 6.07) is 5.52. The summed E-state index contributed by atoms with van der Waals surface area (Å²) < 4.78 is 26.3. The van der Waals surface area contributed by atoms with Gasteiger partial charge in [-0.2, -0.15) is 4.31 Å². The van der Waals surface area contributed by atoms with Crippen molar-refractivity contribution in [3.05, 3.63) is 44.8 Å². The van der Waals surface area contributed by atoms with Crippen molar-refractivity contribution in [2.24, 2.45) is 0 Å². The molecule has 0 aliphatic carbocycles. The molecule has 0 aromatic heterocycles. The van der Waals surface area contributed by atoms with Crippen molar-refractivity contribution in [3.8, 4) is 0 Å². The number of Topliss-reactive ketones (excluding diaryl/α,β-unsaturated/α-hetero) is 1. The van der Waals surface area contributed by atoms with E-state index in [1.165, 1.54) is 41.6 Å². The van der Waals surface area contributed by atoms with E-state index < -0.39 is 20.7 Å². The van der Waals surface area contributed by atoms with E-state index in [2.05, 4.69) is 0 Å². The Bertz CT molecular complexity index is 733. The van der Waals surface area contributed by atoms with E-state index in [0.717, 1.165) is 12.8 Å². The summed E-state index contributed by atoms with van der Waals surface area (Å²) in [4.78, 5) is 21.6. The average molecular weight is 324 g/mol. The number of nitrogens with zero attached hydrogens (tertiary/aromatic N) is 2. The number of benzene rings is 1. The first-order chi connectivity index (χ1) is 10.3. The summed E-state index contributed by atoms with van der Waals surface area (Å²) in [5.41, 5.74) is 0.150. The zero-order chi connectivity index (χ0) is 16.3. The van der Waals surface area contributed by atoms with Gasteiger partial charge < -0.3 is 0 Å². The van der Waals surface area contributed by atoms with Crippen LogP contribution in [0.5, 0.6) is 0 Å². The number of carbonyl (C=O) groups excluding carboxylic acids is 1. The predicted molar refractivity (Wildman–Crippen MR) is 81.5 cm³/mol. The summed E-state index contributed by atoms with van der Waals surface area (Å²) >= 11 is 0. The minimum absolute atomic E-state index is 0.157. The van der Waals surface area contributed by atoms with Crippen LogP contribution in [-0.4, -0.2) is 36.5 Å². The van der Waals surface area contributed by atoms with E-state index in [9.17, 15) is 23.3 Å². The monoisotopic (exact) mass is 324 g/mol. The normalized spacial score (nSPS) is 16.7. The Kier molecular flexibility index (Phi) is 4.72. The van der Waals surface area contributed by atoms with Gasteiger partial charge in [-0.1, -0.05) is 12.1 Å². The smallest absolute Gasteiger partial charge is 0.270 e. The second-order valence-electron chi connectivity index (χ2n) is 5.03. The quantitative estimate of drug-likeness (QED) is 0.468. The first-order valence-corrected chi connectivity index (χ1v) is 8.23. The highest BCUT2D eigenvalue weighted by molar-refractivity contribution is 7.94. The molecule has 0 radical (unpaired) electrons. The molecule has 1 aliphatic heterocycles. The molecular formula is C14H16N2O5S. The molecule has 7 nitrogen and oxygen atoms in total. The van der Waals surface area contributed by atoms with Crippen molar-refractivity contribution in [2.75, 3.05) is 13.1 Å². The molecule has 0 spiro atoms. The molecule has 0 atom stereocenters. The van der Waals surface area contributed by atoms with Crippen LogP contribution < -0.4 is 0 Å². The molecule has 118 valence electrons. The van der Waals surface area contributed by atoms with Crippen molar-refractivity contribution in [1.82, 2.24) is 4.31 Å². The SMILES string of the molecule is CC(=O)/C(=C/c1cccc([N+](=O)[O-])c1)S(=O)(=O)N1CCCC1. The van der Waals surface area contributed by atoms with Crippen LogP contribution in [0.3, 0.4) is 0 Å². The molecule has 0 bridgehead atoms. The highest BCUT2D eigenvalue weighted by atomic mass is 32.2. The molecule has 1 aromatic carbocycles. The second-order valence-corrected chi connectivity index (χ2v) is 6.93. The van der Waals surface area contributed by atoms with Crippen LogP contribution in [0.2, 0.25) is 0 Å². The van der Waals surface area contributed by atoms with E-state index >= 15 is 0 Å². The highest BCUT2D eigenvalue weighted by Gasteiger charge is 2.31. The van der Waals surface area contributed by atoms with Crippen LogP contribution in [0.1, 0.15) is 25.3 Å². The third kappa shape index (κ3) is 3.40. The van der Waals surface area contributed by atoms with Gasteiger partial charge in [-0.25, -0.2) is 8.42 Å². The lowest BCUT2D eigenvalue weighted by molar-refractivity contribution is -0.384. The first kappa shape index (κ1) is 16.3. The van der Waals surface area contributed by atoms with Gasteiger partial charge in [0, 0.05) is 25.2 Å².